The van der Waals surface area contributed by atoms with E-state index in [9.17, 15) is 9.18 Å². The van der Waals surface area contributed by atoms with Gasteiger partial charge in [0, 0.05) is 30.4 Å². The SMILES string of the molecule is Cc1ccccc1-c1cc(NCc2cccc(NC(=O)NCc3cccc(F)c3)c2)n2ncc(Br)c2n1. The molecule has 0 radical (unpaired) electrons. The normalized spacial score (nSPS) is 10.9. The Kier molecular flexibility index (Phi) is 7.14. The van der Waals surface area contributed by atoms with Gasteiger partial charge in [-0.2, -0.15) is 9.61 Å². The van der Waals surface area contributed by atoms with E-state index in [1.807, 2.05) is 42.5 Å². The van der Waals surface area contributed by atoms with Gasteiger partial charge in [-0.15, -0.1) is 0 Å². The number of fused-ring (bicyclic) bond motifs is 1. The number of aromatic nitrogens is 3. The number of hydrogen-bond acceptors (Lipinski definition) is 4. The van der Waals surface area contributed by atoms with Crippen molar-refractivity contribution in [2.45, 2.75) is 20.0 Å². The van der Waals surface area contributed by atoms with Crippen LogP contribution in [0.3, 0.4) is 0 Å². The van der Waals surface area contributed by atoms with Crippen LogP contribution < -0.4 is 16.0 Å². The topological polar surface area (TPSA) is 83.3 Å². The van der Waals surface area contributed by atoms with Crippen LogP contribution in [0, 0.1) is 12.7 Å². The van der Waals surface area contributed by atoms with Crippen molar-refractivity contribution in [3.63, 3.8) is 0 Å². The third-order valence-electron chi connectivity index (χ3n) is 5.85. The average molecular weight is 559 g/mol. The molecule has 3 N–H and O–H groups in total. The third kappa shape index (κ3) is 5.78. The molecule has 186 valence electrons. The fraction of sp³-hybridized carbons (Fsp3) is 0.107. The fourth-order valence-electron chi connectivity index (χ4n) is 4.02. The molecule has 5 rings (SSSR count). The first-order valence-electron chi connectivity index (χ1n) is 11.7. The van der Waals surface area contributed by atoms with Crippen LogP contribution in [0.5, 0.6) is 0 Å². The van der Waals surface area contributed by atoms with Crippen molar-refractivity contribution in [2.24, 2.45) is 0 Å². The van der Waals surface area contributed by atoms with Crippen molar-refractivity contribution in [2.75, 3.05) is 10.6 Å². The van der Waals surface area contributed by atoms with E-state index in [1.165, 1.54) is 12.1 Å². The van der Waals surface area contributed by atoms with Crippen molar-refractivity contribution in [1.29, 1.82) is 0 Å². The first-order valence-corrected chi connectivity index (χ1v) is 12.5. The molecule has 9 heteroatoms. The highest BCUT2D eigenvalue weighted by molar-refractivity contribution is 9.10. The summed E-state index contributed by atoms with van der Waals surface area (Å²) in [4.78, 5) is 17.2. The number of nitrogens with one attached hydrogen (secondary N) is 3. The van der Waals surface area contributed by atoms with Gasteiger partial charge < -0.3 is 16.0 Å². The van der Waals surface area contributed by atoms with Gasteiger partial charge in [0.2, 0.25) is 0 Å². The Hall–Kier alpha value is -4.24. The van der Waals surface area contributed by atoms with Gasteiger partial charge in [-0.3, -0.25) is 0 Å². The van der Waals surface area contributed by atoms with E-state index in [2.05, 4.69) is 56.0 Å². The van der Waals surface area contributed by atoms with Crippen LogP contribution in [0.2, 0.25) is 0 Å². The summed E-state index contributed by atoms with van der Waals surface area (Å²) in [6.45, 7) is 2.79. The molecule has 0 saturated heterocycles. The van der Waals surface area contributed by atoms with Gasteiger partial charge in [-0.25, -0.2) is 14.2 Å². The molecule has 0 fully saturated rings. The van der Waals surface area contributed by atoms with E-state index < -0.39 is 0 Å². The largest absolute Gasteiger partial charge is 0.366 e. The molecule has 0 bridgehead atoms. The second-order valence-corrected chi connectivity index (χ2v) is 9.42. The molecule has 2 amide bonds. The van der Waals surface area contributed by atoms with Crippen molar-refractivity contribution in [3.8, 4) is 11.3 Å². The van der Waals surface area contributed by atoms with Gasteiger partial charge >= 0.3 is 6.03 Å². The zero-order valence-electron chi connectivity index (χ0n) is 20.0. The first-order chi connectivity index (χ1) is 18.0. The summed E-state index contributed by atoms with van der Waals surface area (Å²) < 4.78 is 15.9. The molecule has 0 saturated carbocycles. The summed E-state index contributed by atoms with van der Waals surface area (Å²) >= 11 is 3.55. The summed E-state index contributed by atoms with van der Waals surface area (Å²) in [5, 5.41) is 13.5. The number of nitrogens with zero attached hydrogens (tertiary/aromatic N) is 3. The molecule has 37 heavy (non-hydrogen) atoms. The highest BCUT2D eigenvalue weighted by Crippen LogP contribution is 2.28. The number of aryl methyl sites for hydroxylation is 1. The Morgan fingerprint density at radius 1 is 0.973 bits per heavy atom. The third-order valence-corrected chi connectivity index (χ3v) is 6.41. The molecule has 2 heterocycles. The Bertz CT molecular complexity index is 1580. The fourth-order valence-corrected chi connectivity index (χ4v) is 4.36. The van der Waals surface area contributed by atoms with E-state index in [0.717, 1.165) is 32.7 Å². The van der Waals surface area contributed by atoms with Crippen molar-refractivity contribution in [1.82, 2.24) is 19.9 Å². The summed E-state index contributed by atoms with van der Waals surface area (Å²) in [5.41, 5.74) is 6.06. The molecule has 5 aromatic rings. The molecule has 7 nitrogen and oxygen atoms in total. The number of rotatable bonds is 7. The first kappa shape index (κ1) is 24.5. The highest BCUT2D eigenvalue weighted by atomic mass is 79.9. The molecule has 3 aromatic carbocycles. The van der Waals surface area contributed by atoms with Crippen molar-refractivity contribution in [3.05, 3.63) is 112 Å². The summed E-state index contributed by atoms with van der Waals surface area (Å²) in [7, 11) is 0. The quantitative estimate of drug-likeness (QED) is 0.212. The lowest BCUT2D eigenvalue weighted by molar-refractivity contribution is 0.251. The number of urea groups is 1. The summed E-state index contributed by atoms with van der Waals surface area (Å²) in [5.74, 6) is 0.458. The Labute approximate surface area is 221 Å². The number of amides is 2. The molecular formula is C28H24BrFN6O. The highest BCUT2D eigenvalue weighted by Gasteiger charge is 2.13. The molecule has 0 aliphatic carbocycles. The monoisotopic (exact) mass is 558 g/mol. The maximum Gasteiger partial charge on any atom is 0.319 e. The minimum Gasteiger partial charge on any atom is -0.366 e. The minimum absolute atomic E-state index is 0.228. The zero-order valence-corrected chi connectivity index (χ0v) is 21.6. The molecule has 0 spiro atoms. The van der Waals surface area contributed by atoms with Crippen LogP contribution in [-0.4, -0.2) is 20.6 Å². The minimum atomic E-state index is -0.366. The van der Waals surface area contributed by atoms with Gasteiger partial charge in [0.25, 0.3) is 0 Å². The van der Waals surface area contributed by atoms with E-state index in [-0.39, 0.29) is 18.4 Å². The van der Waals surface area contributed by atoms with Crippen LogP contribution in [0.25, 0.3) is 16.9 Å². The second-order valence-electron chi connectivity index (χ2n) is 8.56. The van der Waals surface area contributed by atoms with Crippen molar-refractivity contribution >= 4 is 39.1 Å². The maximum atomic E-state index is 13.3. The van der Waals surface area contributed by atoms with Gasteiger partial charge in [0.15, 0.2) is 5.65 Å². The Morgan fingerprint density at radius 2 is 1.76 bits per heavy atom. The molecule has 0 aliphatic rings. The number of anilines is 2. The van der Waals surface area contributed by atoms with Gasteiger partial charge in [0.05, 0.1) is 16.4 Å². The molecule has 2 aromatic heterocycles. The predicted molar refractivity (Wildman–Crippen MR) is 147 cm³/mol. The van der Waals surface area contributed by atoms with Crippen LogP contribution in [0.15, 0.2) is 89.5 Å². The maximum absolute atomic E-state index is 13.3. The van der Waals surface area contributed by atoms with Gasteiger partial charge in [-0.1, -0.05) is 48.5 Å². The van der Waals surface area contributed by atoms with Crippen LogP contribution in [-0.2, 0) is 13.1 Å². The van der Waals surface area contributed by atoms with Gasteiger partial charge in [0.1, 0.15) is 11.6 Å². The van der Waals surface area contributed by atoms with Crippen LogP contribution in [0.4, 0.5) is 20.7 Å². The lowest BCUT2D eigenvalue weighted by atomic mass is 10.1. The number of halogens is 2. The standard InChI is InChI=1S/C28H24BrFN6O/c1-18-6-2-3-11-23(18)25-14-26(36-27(35-25)24(29)17-33-36)31-15-20-8-5-10-22(13-20)34-28(37)32-16-19-7-4-9-21(30)12-19/h2-14,17,31H,15-16H2,1H3,(H2,32,34,37). The lowest BCUT2D eigenvalue weighted by Crippen LogP contribution is -2.28. The smallest absolute Gasteiger partial charge is 0.319 e. The zero-order chi connectivity index (χ0) is 25.8. The molecule has 0 aliphatic heterocycles. The van der Waals surface area contributed by atoms with E-state index >= 15 is 0 Å². The second kappa shape index (κ2) is 10.8. The number of carbonyl (C=O) groups excluding carboxylic acids is 1. The summed E-state index contributed by atoms with van der Waals surface area (Å²) in [6.07, 6.45) is 1.72. The number of hydrogen-bond donors (Lipinski definition) is 3. The Morgan fingerprint density at radius 3 is 2.57 bits per heavy atom. The molecular weight excluding hydrogens is 535 g/mol. The van der Waals surface area contributed by atoms with Gasteiger partial charge in [-0.05, 0) is 63.8 Å². The van der Waals surface area contributed by atoms with Crippen LogP contribution >= 0.6 is 15.9 Å². The van der Waals surface area contributed by atoms with E-state index in [4.69, 9.17) is 4.98 Å². The average Bonchev–Trinajstić information content (AvgIpc) is 3.27. The number of carbonyl (C=O) groups is 1. The molecule has 0 atom stereocenters. The van der Waals surface area contributed by atoms with Crippen molar-refractivity contribution < 1.29 is 9.18 Å². The Balaban J connectivity index is 1.29. The van der Waals surface area contributed by atoms with Crippen LogP contribution in [0.1, 0.15) is 16.7 Å². The van der Waals surface area contributed by atoms with E-state index in [1.54, 1.807) is 22.8 Å². The predicted octanol–water partition coefficient (Wildman–Crippen LogP) is 6.54. The molecule has 0 unspecified atom stereocenters. The van der Waals surface area contributed by atoms with E-state index in [0.29, 0.717) is 23.4 Å². The number of benzene rings is 3. The lowest BCUT2D eigenvalue weighted by Gasteiger charge is -2.13. The summed E-state index contributed by atoms with van der Waals surface area (Å²) in [6, 6.07) is 23.4.